The van der Waals surface area contributed by atoms with Crippen molar-refractivity contribution in [3.63, 3.8) is 0 Å². The number of aliphatic hydroxyl groups is 5. The van der Waals surface area contributed by atoms with Gasteiger partial charge in [0.15, 0.2) is 11.7 Å². The van der Waals surface area contributed by atoms with Crippen molar-refractivity contribution in [1.82, 2.24) is 5.32 Å². The first-order valence-corrected chi connectivity index (χ1v) is 13.3. The summed E-state index contributed by atoms with van der Waals surface area (Å²) in [5, 5.41) is 63.8. The van der Waals surface area contributed by atoms with E-state index in [1.165, 1.54) is 32.4 Å². The lowest BCUT2D eigenvalue weighted by Crippen LogP contribution is -2.60. The van der Waals surface area contributed by atoms with Gasteiger partial charge in [0, 0.05) is 43.0 Å². The van der Waals surface area contributed by atoms with Crippen molar-refractivity contribution in [3.8, 4) is 17.2 Å². The van der Waals surface area contributed by atoms with Crippen molar-refractivity contribution in [2.45, 2.75) is 56.5 Å². The largest absolute Gasteiger partial charge is 0.507 e. The number of carbonyl (C=O) groups is 2. The molecule has 0 amide bonds. The highest BCUT2D eigenvalue weighted by molar-refractivity contribution is 6.30. The van der Waals surface area contributed by atoms with Crippen LogP contribution in [0.4, 0.5) is 0 Å². The van der Waals surface area contributed by atoms with Gasteiger partial charge in [-0.1, -0.05) is 0 Å². The lowest BCUT2D eigenvalue weighted by Gasteiger charge is -2.39. The second-order valence-corrected chi connectivity index (χ2v) is 9.95. The first-order chi connectivity index (χ1) is 20.1. The number of unbranched alkanes of at least 4 members (excludes halogenated alkanes) is 1. The molecule has 1 aliphatic carbocycles. The van der Waals surface area contributed by atoms with E-state index in [2.05, 4.69) is 10.3 Å². The molecular formula is C28H35N3O11. The summed E-state index contributed by atoms with van der Waals surface area (Å²) in [6, 6.07) is 4.15. The van der Waals surface area contributed by atoms with Crippen molar-refractivity contribution in [1.29, 1.82) is 0 Å². The molecule has 14 nitrogen and oxygen atoms in total. The van der Waals surface area contributed by atoms with Crippen LogP contribution in [0.1, 0.15) is 55.8 Å². The molecule has 9 N–H and O–H groups in total. The van der Waals surface area contributed by atoms with E-state index in [4.69, 9.17) is 19.9 Å². The fourth-order valence-corrected chi connectivity index (χ4v) is 5.05. The van der Waals surface area contributed by atoms with Gasteiger partial charge in [-0.15, -0.1) is 0 Å². The second-order valence-electron chi connectivity index (χ2n) is 9.95. The van der Waals surface area contributed by atoms with E-state index < -0.39 is 54.6 Å². The average molecular weight is 590 g/mol. The molecule has 5 atom stereocenters. The minimum atomic E-state index is -1.79. The SMILES string of the molecule is CN=C(N)NCc1c(CCCCO)cc2c(c1O)C(=O)c1c(O[C@@H]3O[C@H](CO)[C@@H](O)[C@H](O)[C@H]3O)cc(OC)cc1C2=O. The zero-order chi connectivity index (χ0) is 30.7. The van der Waals surface area contributed by atoms with Crippen molar-refractivity contribution in [2.24, 2.45) is 10.7 Å². The Morgan fingerprint density at radius 1 is 1.02 bits per heavy atom. The number of hydrogen-bond donors (Lipinski definition) is 8. The van der Waals surface area contributed by atoms with Crippen LogP contribution in [0.25, 0.3) is 0 Å². The predicted octanol–water partition coefficient (Wildman–Crippen LogP) is -1.30. The van der Waals surface area contributed by atoms with Crippen LogP contribution in [0.2, 0.25) is 0 Å². The lowest BCUT2D eigenvalue weighted by molar-refractivity contribution is -0.277. The first kappa shape index (κ1) is 31.2. The van der Waals surface area contributed by atoms with Gasteiger partial charge in [-0.3, -0.25) is 14.6 Å². The highest BCUT2D eigenvalue weighted by Gasteiger charge is 2.46. The zero-order valence-corrected chi connectivity index (χ0v) is 23.1. The molecule has 0 bridgehead atoms. The fourth-order valence-electron chi connectivity index (χ4n) is 5.05. The maximum Gasteiger partial charge on any atom is 0.229 e. The number of rotatable bonds is 10. The molecule has 1 saturated heterocycles. The molecule has 14 heteroatoms. The van der Waals surface area contributed by atoms with Crippen LogP contribution in [-0.4, -0.2) is 106 Å². The van der Waals surface area contributed by atoms with Gasteiger partial charge >= 0.3 is 0 Å². The van der Waals surface area contributed by atoms with Crippen LogP contribution >= 0.6 is 0 Å². The minimum absolute atomic E-state index is 0.0120. The lowest BCUT2D eigenvalue weighted by atomic mass is 9.80. The van der Waals surface area contributed by atoms with Crippen LogP contribution in [0.15, 0.2) is 23.2 Å². The predicted molar refractivity (Wildman–Crippen MR) is 147 cm³/mol. The number of guanidine groups is 1. The number of aromatic hydroxyl groups is 1. The molecule has 1 heterocycles. The maximum atomic E-state index is 14.0. The van der Waals surface area contributed by atoms with Crippen molar-refractivity contribution < 1.29 is 54.4 Å². The molecule has 2 aromatic carbocycles. The van der Waals surface area contributed by atoms with Crippen LogP contribution < -0.4 is 20.5 Å². The number of ether oxygens (including phenoxy) is 3. The van der Waals surface area contributed by atoms with Gasteiger partial charge in [-0.05, 0) is 37.0 Å². The summed E-state index contributed by atoms with van der Waals surface area (Å²) in [4.78, 5) is 31.7. The summed E-state index contributed by atoms with van der Waals surface area (Å²) in [5.74, 6) is -1.86. The molecule has 0 saturated carbocycles. The number of benzene rings is 2. The Kier molecular flexibility index (Phi) is 9.66. The molecule has 42 heavy (non-hydrogen) atoms. The summed E-state index contributed by atoms with van der Waals surface area (Å²) in [5.41, 5.74) is 5.99. The number of phenols is 1. The number of nitrogens with zero attached hydrogens (tertiary/aromatic N) is 1. The molecule has 0 unspecified atom stereocenters. The smallest absolute Gasteiger partial charge is 0.229 e. The second kappa shape index (κ2) is 13.0. The van der Waals surface area contributed by atoms with Gasteiger partial charge in [-0.25, -0.2) is 0 Å². The van der Waals surface area contributed by atoms with Crippen molar-refractivity contribution in [3.05, 3.63) is 51.6 Å². The zero-order valence-electron chi connectivity index (χ0n) is 23.1. The Balaban J connectivity index is 1.82. The third-order valence-electron chi connectivity index (χ3n) is 7.39. The van der Waals surface area contributed by atoms with Gasteiger partial charge in [0.1, 0.15) is 41.7 Å². The van der Waals surface area contributed by atoms with E-state index in [0.717, 1.165) is 0 Å². The molecule has 1 fully saturated rings. The topological polar surface area (TPSA) is 234 Å². The molecule has 2 aliphatic rings. The Bertz CT molecular complexity index is 1380. The van der Waals surface area contributed by atoms with Gasteiger partial charge in [0.2, 0.25) is 12.1 Å². The highest BCUT2D eigenvalue weighted by Crippen LogP contribution is 2.42. The van der Waals surface area contributed by atoms with Gasteiger partial charge in [0.05, 0.1) is 24.8 Å². The normalized spacial score (nSPS) is 23.8. The number of aliphatic imine (C=N–C) groups is 1. The van der Waals surface area contributed by atoms with E-state index in [1.54, 1.807) is 0 Å². The molecule has 228 valence electrons. The van der Waals surface area contributed by atoms with E-state index in [0.29, 0.717) is 30.4 Å². The minimum Gasteiger partial charge on any atom is -0.507 e. The molecule has 2 aromatic rings. The van der Waals surface area contributed by atoms with Crippen LogP contribution in [0.5, 0.6) is 17.2 Å². The Labute approximate surface area is 241 Å². The fraction of sp³-hybridized carbons (Fsp3) is 0.464. The number of aliphatic hydroxyl groups excluding tert-OH is 5. The summed E-state index contributed by atoms with van der Waals surface area (Å²) in [6.07, 6.45) is -6.69. The summed E-state index contributed by atoms with van der Waals surface area (Å²) in [6.45, 7) is -0.756. The number of hydrogen-bond acceptors (Lipinski definition) is 12. The number of aryl methyl sites for hydroxylation is 1. The van der Waals surface area contributed by atoms with Crippen LogP contribution in [0, 0.1) is 0 Å². The molecule has 1 aliphatic heterocycles. The summed E-state index contributed by atoms with van der Waals surface area (Å²) >= 11 is 0. The first-order valence-electron chi connectivity index (χ1n) is 13.3. The van der Waals surface area contributed by atoms with Gasteiger partial charge < -0.3 is 55.9 Å². The van der Waals surface area contributed by atoms with E-state index in [1.807, 2.05) is 0 Å². The Hall–Kier alpha value is -3.79. The quantitative estimate of drug-likeness (QED) is 0.0781. The van der Waals surface area contributed by atoms with Crippen molar-refractivity contribution >= 4 is 17.5 Å². The number of fused-ring (bicyclic) bond motifs is 2. The summed E-state index contributed by atoms with van der Waals surface area (Å²) in [7, 11) is 2.81. The number of nitrogens with one attached hydrogen (secondary N) is 1. The molecule has 0 spiro atoms. The third-order valence-corrected chi connectivity index (χ3v) is 7.39. The van der Waals surface area contributed by atoms with Crippen LogP contribution in [0.3, 0.4) is 0 Å². The van der Waals surface area contributed by atoms with E-state index in [9.17, 15) is 40.2 Å². The highest BCUT2D eigenvalue weighted by atomic mass is 16.7. The Morgan fingerprint density at radius 3 is 2.38 bits per heavy atom. The van der Waals surface area contributed by atoms with Gasteiger partial charge in [-0.2, -0.15) is 0 Å². The number of ketones is 2. The van der Waals surface area contributed by atoms with Gasteiger partial charge in [0.25, 0.3) is 0 Å². The molecule has 4 rings (SSSR count). The standard InChI is InChI=1S/C28H35N3O11/c1-30-28(29)31-10-16-12(5-3-4-6-32)7-14-20(22(16)35)24(37)19-15(21(14)34)8-13(40-2)9-17(19)41-27-26(39)25(38)23(36)18(11-33)42-27/h7-9,18,23,25-27,32-33,35-36,38-39H,3-6,10-11H2,1-2H3,(H3,29,30,31)/t18-,23-,25+,26-,27-/m1/s1. The average Bonchev–Trinajstić information content (AvgIpc) is 2.98. The van der Waals surface area contributed by atoms with Crippen LogP contribution in [-0.2, 0) is 17.7 Å². The Morgan fingerprint density at radius 2 is 1.74 bits per heavy atom. The maximum absolute atomic E-state index is 14.0. The monoisotopic (exact) mass is 589 g/mol. The number of methoxy groups -OCH3 is 1. The number of phenolic OH excluding ortho intramolecular Hbond substituents is 1. The van der Waals surface area contributed by atoms with E-state index >= 15 is 0 Å². The van der Waals surface area contributed by atoms with Crippen molar-refractivity contribution in [2.75, 3.05) is 27.4 Å². The van der Waals surface area contributed by atoms with E-state index in [-0.39, 0.29) is 52.9 Å². The molecule has 0 aromatic heterocycles. The summed E-state index contributed by atoms with van der Waals surface area (Å²) < 4.78 is 16.5. The third kappa shape index (κ3) is 5.77. The molecular weight excluding hydrogens is 554 g/mol. The number of nitrogens with two attached hydrogens (primary N) is 1. The molecule has 0 radical (unpaired) electrons. The number of carbonyl (C=O) groups excluding carboxylic acids is 2.